The van der Waals surface area contributed by atoms with Crippen LogP contribution in [0.1, 0.15) is 24.8 Å². The van der Waals surface area contributed by atoms with Crippen LogP contribution in [0.3, 0.4) is 0 Å². The molecule has 16 heavy (non-hydrogen) atoms. The van der Waals surface area contributed by atoms with E-state index in [1.807, 2.05) is 19.1 Å². The van der Waals surface area contributed by atoms with Gasteiger partial charge in [-0.05, 0) is 37.0 Å². The molecule has 86 valence electrons. The van der Waals surface area contributed by atoms with Gasteiger partial charge in [-0.1, -0.05) is 17.3 Å². The van der Waals surface area contributed by atoms with Gasteiger partial charge in [-0.15, -0.1) is 0 Å². The molecule has 0 aliphatic heterocycles. The van der Waals surface area contributed by atoms with Gasteiger partial charge in [0.2, 0.25) is 0 Å². The van der Waals surface area contributed by atoms with Crippen LogP contribution in [0.5, 0.6) is 5.75 Å². The molecule has 2 rings (SSSR count). The Bertz CT molecular complexity index is 383. The highest BCUT2D eigenvalue weighted by Gasteiger charge is 2.40. The molecule has 0 spiro atoms. The average Bonchev–Trinajstić information content (AvgIpc) is 3.09. The van der Waals surface area contributed by atoms with E-state index < -0.39 is 0 Å². The zero-order chi connectivity index (χ0) is 11.5. The Morgan fingerprint density at radius 3 is 2.50 bits per heavy atom. The molecule has 2 atom stereocenters. The fraction of sp³-hybridized carbons (Fsp3) is 0.462. The summed E-state index contributed by atoms with van der Waals surface area (Å²) in [7, 11) is 3.28. The van der Waals surface area contributed by atoms with Crippen molar-refractivity contribution in [3.05, 3.63) is 29.8 Å². The number of hydrogen-bond acceptors (Lipinski definition) is 3. The molecular formula is C13H17NO2. The van der Waals surface area contributed by atoms with E-state index in [0.717, 1.165) is 11.5 Å². The van der Waals surface area contributed by atoms with Crippen LogP contribution >= 0.6 is 0 Å². The average molecular weight is 219 g/mol. The van der Waals surface area contributed by atoms with Gasteiger partial charge in [-0.3, -0.25) is 0 Å². The lowest BCUT2D eigenvalue weighted by molar-refractivity contribution is 0.212. The van der Waals surface area contributed by atoms with Gasteiger partial charge < -0.3 is 9.57 Å². The van der Waals surface area contributed by atoms with Crippen LogP contribution in [-0.2, 0) is 4.84 Å². The van der Waals surface area contributed by atoms with Crippen molar-refractivity contribution in [1.29, 1.82) is 0 Å². The number of rotatable bonds is 4. The van der Waals surface area contributed by atoms with Crippen molar-refractivity contribution in [2.45, 2.75) is 19.3 Å². The normalized spacial score (nSPS) is 24.1. The van der Waals surface area contributed by atoms with Gasteiger partial charge in [-0.2, -0.15) is 0 Å². The van der Waals surface area contributed by atoms with Crippen LogP contribution in [0.4, 0.5) is 0 Å². The number of nitrogens with zero attached hydrogens (tertiary/aromatic N) is 1. The molecule has 1 aromatic carbocycles. The predicted octanol–water partition coefficient (Wildman–Crippen LogP) is 2.82. The summed E-state index contributed by atoms with van der Waals surface area (Å²) in [6.45, 7) is 2.03. The Morgan fingerprint density at radius 1 is 1.25 bits per heavy atom. The molecule has 0 amide bonds. The van der Waals surface area contributed by atoms with Crippen LogP contribution in [0.2, 0.25) is 0 Å². The second kappa shape index (κ2) is 4.56. The SMILES string of the molecule is CO/N=C(/C)[C@H]1C[C@H]1c1ccc(OC)cc1. The summed E-state index contributed by atoms with van der Waals surface area (Å²) < 4.78 is 5.14. The minimum Gasteiger partial charge on any atom is -0.497 e. The standard InChI is InChI=1S/C13H17NO2/c1-9(14-16-3)12-8-13(12)10-4-6-11(15-2)7-5-10/h4-7,12-13H,8H2,1-3H3/b14-9-/t12-,13+/m1/s1. The second-order valence-corrected chi connectivity index (χ2v) is 4.14. The highest BCUT2D eigenvalue weighted by molar-refractivity contribution is 5.87. The lowest BCUT2D eigenvalue weighted by Crippen LogP contribution is -1.97. The Hall–Kier alpha value is -1.51. The molecule has 3 heteroatoms. The van der Waals surface area contributed by atoms with Crippen LogP contribution in [0.15, 0.2) is 29.4 Å². The van der Waals surface area contributed by atoms with Crippen molar-refractivity contribution in [3.63, 3.8) is 0 Å². The number of benzene rings is 1. The largest absolute Gasteiger partial charge is 0.497 e. The third-order valence-electron chi connectivity index (χ3n) is 3.11. The van der Waals surface area contributed by atoms with Crippen molar-refractivity contribution in [1.82, 2.24) is 0 Å². The third-order valence-corrected chi connectivity index (χ3v) is 3.11. The zero-order valence-corrected chi connectivity index (χ0v) is 9.93. The maximum absolute atomic E-state index is 5.14. The smallest absolute Gasteiger partial charge is 0.118 e. The second-order valence-electron chi connectivity index (χ2n) is 4.14. The molecule has 0 aromatic heterocycles. The first kappa shape index (κ1) is 11.0. The minimum atomic E-state index is 0.549. The number of ether oxygens (including phenoxy) is 1. The molecule has 1 saturated carbocycles. The van der Waals surface area contributed by atoms with Crippen molar-refractivity contribution < 1.29 is 9.57 Å². The van der Waals surface area contributed by atoms with Crippen molar-refractivity contribution >= 4 is 5.71 Å². The first-order valence-corrected chi connectivity index (χ1v) is 5.48. The summed E-state index contributed by atoms with van der Waals surface area (Å²) in [5.41, 5.74) is 2.44. The first-order valence-electron chi connectivity index (χ1n) is 5.48. The van der Waals surface area contributed by atoms with E-state index in [0.29, 0.717) is 11.8 Å². The van der Waals surface area contributed by atoms with E-state index in [1.165, 1.54) is 12.0 Å². The van der Waals surface area contributed by atoms with Gasteiger partial charge in [0.25, 0.3) is 0 Å². The highest BCUT2D eigenvalue weighted by Crippen LogP contribution is 2.48. The summed E-state index contributed by atoms with van der Waals surface area (Å²) in [4.78, 5) is 4.79. The molecule has 0 saturated heterocycles. The molecule has 0 unspecified atom stereocenters. The molecule has 0 N–H and O–H groups in total. The Labute approximate surface area is 96.1 Å². The van der Waals surface area contributed by atoms with Gasteiger partial charge in [0, 0.05) is 5.92 Å². The van der Waals surface area contributed by atoms with Gasteiger partial charge >= 0.3 is 0 Å². The summed E-state index contributed by atoms with van der Waals surface area (Å²) in [5.74, 6) is 2.06. The maximum Gasteiger partial charge on any atom is 0.118 e. The van der Waals surface area contributed by atoms with Crippen molar-refractivity contribution in [2.75, 3.05) is 14.2 Å². The van der Waals surface area contributed by atoms with Crippen LogP contribution in [-0.4, -0.2) is 19.9 Å². The fourth-order valence-corrected chi connectivity index (χ4v) is 2.09. The van der Waals surface area contributed by atoms with E-state index in [2.05, 4.69) is 17.3 Å². The molecule has 1 aliphatic rings. The van der Waals surface area contributed by atoms with Gasteiger partial charge in [0.1, 0.15) is 12.9 Å². The molecule has 1 aliphatic carbocycles. The van der Waals surface area contributed by atoms with E-state index >= 15 is 0 Å². The van der Waals surface area contributed by atoms with E-state index in [-0.39, 0.29) is 0 Å². The fourth-order valence-electron chi connectivity index (χ4n) is 2.09. The van der Waals surface area contributed by atoms with Crippen molar-refractivity contribution in [2.24, 2.45) is 11.1 Å². The molecule has 0 radical (unpaired) electrons. The number of hydrogen-bond donors (Lipinski definition) is 0. The molecule has 1 fully saturated rings. The lowest BCUT2D eigenvalue weighted by atomic mass is 10.1. The Morgan fingerprint density at radius 2 is 1.94 bits per heavy atom. The lowest BCUT2D eigenvalue weighted by Gasteiger charge is -2.02. The minimum absolute atomic E-state index is 0.549. The quantitative estimate of drug-likeness (QED) is 0.576. The number of oxime groups is 1. The Kier molecular flexibility index (Phi) is 3.13. The van der Waals surface area contributed by atoms with Crippen LogP contribution in [0.25, 0.3) is 0 Å². The molecular weight excluding hydrogens is 202 g/mol. The topological polar surface area (TPSA) is 30.8 Å². The van der Waals surface area contributed by atoms with Crippen LogP contribution in [0, 0.1) is 5.92 Å². The Balaban J connectivity index is 2.03. The van der Waals surface area contributed by atoms with Crippen LogP contribution < -0.4 is 4.74 Å². The summed E-state index contributed by atoms with van der Waals surface area (Å²) in [6.07, 6.45) is 1.17. The molecule has 0 heterocycles. The highest BCUT2D eigenvalue weighted by atomic mass is 16.6. The monoisotopic (exact) mass is 219 g/mol. The molecule has 1 aromatic rings. The maximum atomic E-state index is 5.14. The number of methoxy groups -OCH3 is 1. The summed E-state index contributed by atoms with van der Waals surface area (Å²) in [6, 6.07) is 8.27. The summed E-state index contributed by atoms with van der Waals surface area (Å²) >= 11 is 0. The predicted molar refractivity (Wildman–Crippen MR) is 64.0 cm³/mol. The third kappa shape index (κ3) is 2.18. The first-order chi connectivity index (χ1) is 7.76. The van der Waals surface area contributed by atoms with E-state index in [4.69, 9.17) is 9.57 Å². The van der Waals surface area contributed by atoms with Gasteiger partial charge in [0.15, 0.2) is 0 Å². The molecule has 3 nitrogen and oxygen atoms in total. The zero-order valence-electron chi connectivity index (χ0n) is 9.93. The summed E-state index contributed by atoms with van der Waals surface area (Å²) in [5, 5.41) is 3.99. The molecule has 0 bridgehead atoms. The van der Waals surface area contributed by atoms with E-state index in [9.17, 15) is 0 Å². The van der Waals surface area contributed by atoms with Gasteiger partial charge in [0.05, 0.1) is 12.8 Å². The van der Waals surface area contributed by atoms with Gasteiger partial charge in [-0.25, -0.2) is 0 Å². The van der Waals surface area contributed by atoms with Crippen molar-refractivity contribution in [3.8, 4) is 5.75 Å². The van der Waals surface area contributed by atoms with E-state index in [1.54, 1.807) is 14.2 Å².